The molecule has 0 aliphatic carbocycles. The standard InChI is InChI=1S/C23H23N3O5S/c1-4-31-23(28)22-18(16-26(24-22)19-8-6-5-7-9-19)12-15-21(27)17-10-13-20(14-11-17)32(29,30)25(2)3/h5-16H,4H2,1-3H3/b15-12+. The molecule has 0 N–H and O–H groups in total. The van der Waals surface area contributed by atoms with Crippen molar-refractivity contribution in [2.24, 2.45) is 0 Å². The molecule has 0 aliphatic rings. The molecule has 1 heterocycles. The molecule has 0 unspecified atom stereocenters. The van der Waals surface area contributed by atoms with Crippen LogP contribution in [0.25, 0.3) is 11.8 Å². The summed E-state index contributed by atoms with van der Waals surface area (Å²) in [4.78, 5) is 25.0. The van der Waals surface area contributed by atoms with Crippen molar-refractivity contribution in [1.82, 2.24) is 14.1 Å². The van der Waals surface area contributed by atoms with Crippen LogP contribution in [0.15, 0.2) is 71.8 Å². The number of benzene rings is 2. The van der Waals surface area contributed by atoms with Gasteiger partial charge >= 0.3 is 5.97 Å². The molecule has 0 fully saturated rings. The number of allylic oxidation sites excluding steroid dienone is 1. The van der Waals surface area contributed by atoms with E-state index in [0.717, 1.165) is 9.99 Å². The van der Waals surface area contributed by atoms with Crippen LogP contribution in [0.4, 0.5) is 0 Å². The SMILES string of the molecule is CCOC(=O)c1nn(-c2ccccc2)cc1/C=C/C(=O)c1ccc(S(=O)(=O)N(C)C)cc1. The van der Waals surface area contributed by atoms with E-state index in [1.165, 1.54) is 55.2 Å². The fraction of sp³-hybridized carbons (Fsp3) is 0.174. The number of ether oxygens (including phenoxy) is 1. The maximum Gasteiger partial charge on any atom is 0.359 e. The predicted molar refractivity (Wildman–Crippen MR) is 120 cm³/mol. The quantitative estimate of drug-likeness (QED) is 0.295. The van der Waals surface area contributed by atoms with E-state index < -0.39 is 16.0 Å². The molecule has 166 valence electrons. The summed E-state index contributed by atoms with van der Waals surface area (Å²) in [6.45, 7) is 1.90. The van der Waals surface area contributed by atoms with Gasteiger partial charge in [-0.3, -0.25) is 4.79 Å². The van der Waals surface area contributed by atoms with Gasteiger partial charge in [0.2, 0.25) is 10.0 Å². The fourth-order valence-corrected chi connectivity index (χ4v) is 3.75. The lowest BCUT2D eigenvalue weighted by atomic mass is 10.1. The Morgan fingerprint density at radius 2 is 1.72 bits per heavy atom. The fourth-order valence-electron chi connectivity index (χ4n) is 2.84. The summed E-state index contributed by atoms with van der Waals surface area (Å²) in [5.74, 6) is -0.936. The monoisotopic (exact) mass is 453 g/mol. The van der Waals surface area contributed by atoms with Crippen LogP contribution in [0.3, 0.4) is 0 Å². The molecule has 32 heavy (non-hydrogen) atoms. The molecule has 0 aliphatic heterocycles. The molecular formula is C23H23N3O5S. The average molecular weight is 454 g/mol. The molecule has 2 aromatic carbocycles. The number of nitrogens with zero attached hydrogens (tertiary/aromatic N) is 3. The average Bonchev–Trinajstić information content (AvgIpc) is 3.22. The molecule has 0 bridgehead atoms. The molecule has 0 atom stereocenters. The zero-order valence-electron chi connectivity index (χ0n) is 17.9. The number of ketones is 1. The normalized spacial score (nSPS) is 11.8. The van der Waals surface area contributed by atoms with Crippen molar-refractivity contribution in [3.8, 4) is 5.69 Å². The van der Waals surface area contributed by atoms with Gasteiger partial charge in [-0.25, -0.2) is 22.2 Å². The van der Waals surface area contributed by atoms with Gasteiger partial charge in [-0.1, -0.05) is 18.2 Å². The van der Waals surface area contributed by atoms with E-state index in [-0.39, 0.29) is 23.0 Å². The Kier molecular flexibility index (Phi) is 7.01. The molecule has 0 radical (unpaired) electrons. The number of sulfonamides is 1. The van der Waals surface area contributed by atoms with Crippen molar-refractivity contribution >= 4 is 27.9 Å². The maximum atomic E-state index is 12.6. The summed E-state index contributed by atoms with van der Waals surface area (Å²) in [5, 5.41) is 4.31. The Morgan fingerprint density at radius 1 is 1.06 bits per heavy atom. The number of carbonyl (C=O) groups is 2. The maximum absolute atomic E-state index is 12.6. The van der Waals surface area contributed by atoms with Crippen LogP contribution in [-0.4, -0.2) is 55.0 Å². The largest absolute Gasteiger partial charge is 0.461 e. The number of rotatable bonds is 8. The number of para-hydroxylation sites is 1. The second-order valence-corrected chi connectivity index (χ2v) is 9.09. The summed E-state index contributed by atoms with van der Waals surface area (Å²) in [5.41, 5.74) is 1.58. The Hall–Kier alpha value is -3.56. The van der Waals surface area contributed by atoms with Crippen LogP contribution < -0.4 is 0 Å². The van der Waals surface area contributed by atoms with E-state index in [1.54, 1.807) is 13.1 Å². The number of esters is 1. The number of aromatic nitrogens is 2. The highest BCUT2D eigenvalue weighted by Crippen LogP contribution is 2.17. The zero-order chi connectivity index (χ0) is 23.3. The van der Waals surface area contributed by atoms with Crippen LogP contribution >= 0.6 is 0 Å². The minimum absolute atomic E-state index is 0.0900. The first-order valence-electron chi connectivity index (χ1n) is 9.81. The first-order valence-corrected chi connectivity index (χ1v) is 11.2. The summed E-state index contributed by atoms with van der Waals surface area (Å²) in [6.07, 6.45) is 4.44. The first kappa shape index (κ1) is 23.1. The molecule has 0 amide bonds. The van der Waals surface area contributed by atoms with Crippen LogP contribution in [0.1, 0.15) is 33.3 Å². The lowest BCUT2D eigenvalue weighted by Gasteiger charge is -2.11. The smallest absolute Gasteiger partial charge is 0.359 e. The predicted octanol–water partition coefficient (Wildman–Crippen LogP) is 3.20. The van der Waals surface area contributed by atoms with Gasteiger partial charge in [0.15, 0.2) is 11.5 Å². The summed E-state index contributed by atoms with van der Waals surface area (Å²) in [7, 11) is -0.701. The second kappa shape index (κ2) is 9.71. The lowest BCUT2D eigenvalue weighted by molar-refractivity contribution is 0.0518. The highest BCUT2D eigenvalue weighted by atomic mass is 32.2. The van der Waals surface area contributed by atoms with E-state index in [1.807, 2.05) is 30.3 Å². The minimum atomic E-state index is -3.58. The van der Waals surface area contributed by atoms with E-state index >= 15 is 0 Å². The summed E-state index contributed by atoms with van der Waals surface area (Å²) >= 11 is 0. The lowest BCUT2D eigenvalue weighted by Crippen LogP contribution is -2.22. The van der Waals surface area contributed by atoms with Gasteiger partial charge in [-0.15, -0.1) is 0 Å². The molecule has 1 aromatic heterocycles. The van der Waals surface area contributed by atoms with E-state index in [9.17, 15) is 18.0 Å². The van der Waals surface area contributed by atoms with Crippen molar-refractivity contribution in [2.75, 3.05) is 20.7 Å². The minimum Gasteiger partial charge on any atom is -0.461 e. The molecule has 9 heteroatoms. The van der Waals surface area contributed by atoms with Gasteiger partial charge in [0.25, 0.3) is 0 Å². The highest BCUT2D eigenvalue weighted by molar-refractivity contribution is 7.89. The highest BCUT2D eigenvalue weighted by Gasteiger charge is 2.19. The van der Waals surface area contributed by atoms with Crippen molar-refractivity contribution < 1.29 is 22.7 Å². The molecule has 3 aromatic rings. The van der Waals surface area contributed by atoms with Crippen LogP contribution in [0.2, 0.25) is 0 Å². The molecular weight excluding hydrogens is 430 g/mol. The Balaban J connectivity index is 1.88. The van der Waals surface area contributed by atoms with Crippen molar-refractivity contribution in [3.63, 3.8) is 0 Å². The number of hydrogen-bond acceptors (Lipinski definition) is 6. The van der Waals surface area contributed by atoms with Crippen molar-refractivity contribution in [3.05, 3.63) is 83.7 Å². The Bertz CT molecular complexity index is 1240. The van der Waals surface area contributed by atoms with Crippen LogP contribution in [0.5, 0.6) is 0 Å². The van der Waals surface area contributed by atoms with Crippen molar-refractivity contribution in [2.45, 2.75) is 11.8 Å². The Labute approximate surface area is 186 Å². The van der Waals surface area contributed by atoms with Gasteiger partial charge in [-0.05, 0) is 55.5 Å². The summed E-state index contributed by atoms with van der Waals surface area (Å²) < 4.78 is 32.1. The van der Waals surface area contributed by atoms with E-state index in [4.69, 9.17) is 4.74 Å². The van der Waals surface area contributed by atoms with E-state index in [0.29, 0.717) is 11.1 Å². The van der Waals surface area contributed by atoms with Gasteiger partial charge in [0.1, 0.15) is 0 Å². The third-order valence-corrected chi connectivity index (χ3v) is 6.39. The molecule has 0 spiro atoms. The first-order chi connectivity index (χ1) is 15.2. The number of hydrogen-bond donors (Lipinski definition) is 0. The molecule has 3 rings (SSSR count). The van der Waals surface area contributed by atoms with Crippen LogP contribution in [-0.2, 0) is 14.8 Å². The zero-order valence-corrected chi connectivity index (χ0v) is 18.7. The topological polar surface area (TPSA) is 98.6 Å². The van der Waals surface area contributed by atoms with Gasteiger partial charge < -0.3 is 4.74 Å². The Morgan fingerprint density at radius 3 is 2.31 bits per heavy atom. The van der Waals surface area contributed by atoms with Gasteiger partial charge in [-0.2, -0.15) is 5.10 Å². The summed E-state index contributed by atoms with van der Waals surface area (Å²) in [6, 6.07) is 14.9. The van der Waals surface area contributed by atoms with E-state index in [2.05, 4.69) is 5.10 Å². The third-order valence-electron chi connectivity index (χ3n) is 4.56. The van der Waals surface area contributed by atoms with Crippen molar-refractivity contribution in [1.29, 1.82) is 0 Å². The van der Waals surface area contributed by atoms with Gasteiger partial charge in [0.05, 0.1) is 17.2 Å². The molecule has 0 saturated heterocycles. The van der Waals surface area contributed by atoms with Gasteiger partial charge in [0, 0.05) is 31.4 Å². The van der Waals surface area contributed by atoms with Crippen LogP contribution in [0, 0.1) is 0 Å². The molecule has 8 nitrogen and oxygen atoms in total. The number of carbonyl (C=O) groups excluding carboxylic acids is 2. The second-order valence-electron chi connectivity index (χ2n) is 6.94. The molecule has 0 saturated carbocycles. The third kappa shape index (κ3) is 5.01.